The molecule has 0 radical (unpaired) electrons. The maximum absolute atomic E-state index is 12.5. The molecule has 130 valence electrons. The Balaban J connectivity index is 1.41. The second-order valence-electron chi connectivity index (χ2n) is 5.86. The van der Waals surface area contributed by atoms with Gasteiger partial charge in [-0.2, -0.15) is 0 Å². The molecule has 4 aromatic rings. The molecular formula is C19H17N5OS. The smallest absolute Gasteiger partial charge is 0.263 e. The van der Waals surface area contributed by atoms with E-state index < -0.39 is 0 Å². The summed E-state index contributed by atoms with van der Waals surface area (Å²) < 4.78 is 0. The van der Waals surface area contributed by atoms with Gasteiger partial charge < -0.3 is 10.3 Å². The van der Waals surface area contributed by atoms with Gasteiger partial charge in [0.05, 0.1) is 22.4 Å². The number of aromatic amines is 1. The number of para-hydroxylation sites is 2. The minimum Gasteiger partial charge on any atom is -0.351 e. The number of H-pyrrole nitrogens is 1. The number of nitrogens with one attached hydrogen (secondary N) is 2. The van der Waals surface area contributed by atoms with Crippen LogP contribution in [0.15, 0.2) is 48.7 Å². The number of pyridine rings is 1. The Bertz CT molecular complexity index is 1020. The molecule has 0 atom stereocenters. The maximum Gasteiger partial charge on any atom is 0.263 e. The Kier molecular flexibility index (Phi) is 4.45. The molecule has 1 aromatic carbocycles. The molecular weight excluding hydrogens is 346 g/mol. The van der Waals surface area contributed by atoms with Gasteiger partial charge in [-0.3, -0.25) is 9.78 Å². The number of amides is 1. The predicted octanol–water partition coefficient (Wildman–Crippen LogP) is 3.36. The number of fused-ring (bicyclic) bond motifs is 1. The third kappa shape index (κ3) is 3.34. The molecule has 7 heteroatoms. The van der Waals surface area contributed by atoms with E-state index in [0.717, 1.165) is 33.3 Å². The minimum atomic E-state index is -0.113. The predicted molar refractivity (Wildman–Crippen MR) is 102 cm³/mol. The van der Waals surface area contributed by atoms with E-state index >= 15 is 0 Å². The Hall–Kier alpha value is -3.06. The summed E-state index contributed by atoms with van der Waals surface area (Å²) >= 11 is 1.36. The molecule has 2 N–H and O–H groups in total. The summed E-state index contributed by atoms with van der Waals surface area (Å²) in [6, 6.07) is 13.5. The Labute approximate surface area is 154 Å². The van der Waals surface area contributed by atoms with Gasteiger partial charge in [0.15, 0.2) is 0 Å². The quantitative estimate of drug-likeness (QED) is 0.569. The lowest BCUT2D eigenvalue weighted by Gasteiger charge is -2.02. The summed E-state index contributed by atoms with van der Waals surface area (Å²) in [5, 5.41) is 3.70. The summed E-state index contributed by atoms with van der Waals surface area (Å²) in [6.07, 6.45) is 2.37. The van der Waals surface area contributed by atoms with Gasteiger partial charge in [0.2, 0.25) is 0 Å². The molecule has 6 nitrogen and oxygen atoms in total. The van der Waals surface area contributed by atoms with Crippen LogP contribution in [0.3, 0.4) is 0 Å². The normalized spacial score (nSPS) is 11.0. The van der Waals surface area contributed by atoms with Gasteiger partial charge in [-0.15, -0.1) is 11.3 Å². The molecule has 0 aliphatic carbocycles. The van der Waals surface area contributed by atoms with E-state index in [9.17, 15) is 4.79 Å². The zero-order valence-electron chi connectivity index (χ0n) is 14.2. The number of hydrogen-bond acceptors (Lipinski definition) is 5. The molecule has 0 unspecified atom stereocenters. The SMILES string of the molecule is Cc1nc(-c2ccccn2)sc1C(=O)NCCc1nc2ccccc2[nH]1. The zero-order valence-corrected chi connectivity index (χ0v) is 15.0. The fourth-order valence-corrected chi connectivity index (χ4v) is 3.66. The van der Waals surface area contributed by atoms with E-state index in [1.54, 1.807) is 6.20 Å². The van der Waals surface area contributed by atoms with Crippen LogP contribution >= 0.6 is 11.3 Å². The molecule has 1 amide bonds. The highest BCUT2D eigenvalue weighted by Crippen LogP contribution is 2.26. The summed E-state index contributed by atoms with van der Waals surface area (Å²) in [6.45, 7) is 2.35. The molecule has 3 aromatic heterocycles. The molecule has 0 bridgehead atoms. The van der Waals surface area contributed by atoms with Gasteiger partial charge in [0, 0.05) is 19.2 Å². The van der Waals surface area contributed by atoms with Crippen molar-refractivity contribution in [2.24, 2.45) is 0 Å². The van der Waals surface area contributed by atoms with Crippen LogP contribution in [0.25, 0.3) is 21.7 Å². The number of benzene rings is 1. The zero-order chi connectivity index (χ0) is 17.9. The lowest BCUT2D eigenvalue weighted by atomic mass is 10.3. The number of carbonyl (C=O) groups is 1. The first-order chi connectivity index (χ1) is 12.7. The van der Waals surface area contributed by atoms with Crippen LogP contribution in [-0.2, 0) is 6.42 Å². The molecule has 0 spiro atoms. The van der Waals surface area contributed by atoms with Crippen LogP contribution in [0.5, 0.6) is 0 Å². The van der Waals surface area contributed by atoms with Crippen molar-refractivity contribution in [2.45, 2.75) is 13.3 Å². The number of thiazole rings is 1. The Morgan fingerprint density at radius 3 is 2.81 bits per heavy atom. The molecule has 4 rings (SSSR count). The standard InChI is InChI=1S/C19H17N5OS/c1-12-17(26-19(22-12)15-8-4-5-10-20-15)18(25)21-11-9-16-23-13-6-2-3-7-14(13)24-16/h2-8,10H,9,11H2,1H3,(H,21,25)(H,23,24). The van der Waals surface area contributed by atoms with Gasteiger partial charge in [-0.25, -0.2) is 9.97 Å². The van der Waals surface area contributed by atoms with Crippen LogP contribution in [-0.4, -0.2) is 32.4 Å². The van der Waals surface area contributed by atoms with E-state index in [1.807, 2.05) is 49.4 Å². The van der Waals surface area contributed by atoms with Crippen molar-refractivity contribution < 1.29 is 4.79 Å². The first-order valence-electron chi connectivity index (χ1n) is 8.31. The fourth-order valence-electron chi connectivity index (χ4n) is 2.70. The summed E-state index contributed by atoms with van der Waals surface area (Å²) in [7, 11) is 0. The highest BCUT2D eigenvalue weighted by Gasteiger charge is 2.16. The van der Waals surface area contributed by atoms with Gasteiger partial charge in [0.1, 0.15) is 15.7 Å². The molecule has 0 aliphatic rings. The average Bonchev–Trinajstić information content (AvgIpc) is 3.25. The number of nitrogens with zero attached hydrogens (tertiary/aromatic N) is 3. The van der Waals surface area contributed by atoms with Crippen LogP contribution in [0.1, 0.15) is 21.2 Å². The van der Waals surface area contributed by atoms with E-state index in [0.29, 0.717) is 17.8 Å². The van der Waals surface area contributed by atoms with Crippen molar-refractivity contribution in [3.05, 3.63) is 65.1 Å². The van der Waals surface area contributed by atoms with E-state index in [-0.39, 0.29) is 5.91 Å². The fraction of sp³-hybridized carbons (Fsp3) is 0.158. The number of imidazole rings is 1. The molecule has 0 saturated heterocycles. The summed E-state index contributed by atoms with van der Waals surface area (Å²) in [5.74, 6) is 0.750. The van der Waals surface area contributed by atoms with Gasteiger partial charge >= 0.3 is 0 Å². The second-order valence-corrected chi connectivity index (χ2v) is 6.85. The van der Waals surface area contributed by atoms with Crippen LogP contribution in [0, 0.1) is 6.92 Å². The van der Waals surface area contributed by atoms with Crippen molar-refractivity contribution in [1.82, 2.24) is 25.3 Å². The summed E-state index contributed by atoms with van der Waals surface area (Å²) in [5.41, 5.74) is 3.44. The molecule has 26 heavy (non-hydrogen) atoms. The molecule has 0 saturated carbocycles. The van der Waals surface area contributed by atoms with Crippen LogP contribution in [0.4, 0.5) is 0 Å². The molecule has 0 aliphatic heterocycles. The van der Waals surface area contributed by atoms with Crippen molar-refractivity contribution in [3.8, 4) is 10.7 Å². The van der Waals surface area contributed by atoms with E-state index in [4.69, 9.17) is 0 Å². The highest BCUT2D eigenvalue weighted by atomic mass is 32.1. The second kappa shape index (κ2) is 7.05. The topological polar surface area (TPSA) is 83.6 Å². The van der Waals surface area contributed by atoms with Crippen molar-refractivity contribution in [2.75, 3.05) is 6.54 Å². The van der Waals surface area contributed by atoms with Crippen molar-refractivity contribution in [3.63, 3.8) is 0 Å². The van der Waals surface area contributed by atoms with Crippen LogP contribution in [0.2, 0.25) is 0 Å². The maximum atomic E-state index is 12.5. The van der Waals surface area contributed by atoms with Gasteiger partial charge in [-0.05, 0) is 31.2 Å². The van der Waals surface area contributed by atoms with Crippen molar-refractivity contribution in [1.29, 1.82) is 0 Å². The summed E-state index contributed by atoms with van der Waals surface area (Å²) in [4.78, 5) is 29.6. The van der Waals surface area contributed by atoms with Gasteiger partial charge in [0.25, 0.3) is 5.91 Å². The van der Waals surface area contributed by atoms with Crippen molar-refractivity contribution >= 4 is 28.3 Å². The number of carbonyl (C=O) groups excluding carboxylic acids is 1. The minimum absolute atomic E-state index is 0.113. The third-order valence-corrected chi connectivity index (χ3v) is 5.15. The number of aryl methyl sites for hydroxylation is 1. The highest BCUT2D eigenvalue weighted by molar-refractivity contribution is 7.17. The number of aromatic nitrogens is 4. The first kappa shape index (κ1) is 16.4. The molecule has 0 fully saturated rings. The van der Waals surface area contributed by atoms with E-state index in [2.05, 4.69) is 25.3 Å². The average molecular weight is 363 g/mol. The first-order valence-corrected chi connectivity index (χ1v) is 9.13. The van der Waals surface area contributed by atoms with E-state index in [1.165, 1.54) is 11.3 Å². The number of hydrogen-bond donors (Lipinski definition) is 2. The van der Waals surface area contributed by atoms with Crippen LogP contribution < -0.4 is 5.32 Å². The third-order valence-electron chi connectivity index (χ3n) is 3.97. The molecule has 3 heterocycles. The van der Waals surface area contributed by atoms with Gasteiger partial charge in [-0.1, -0.05) is 18.2 Å². The largest absolute Gasteiger partial charge is 0.351 e. The Morgan fingerprint density at radius 2 is 2.00 bits per heavy atom. The Morgan fingerprint density at radius 1 is 1.15 bits per heavy atom. The monoisotopic (exact) mass is 363 g/mol. The number of rotatable bonds is 5. The lowest BCUT2D eigenvalue weighted by molar-refractivity contribution is 0.0957. The lowest BCUT2D eigenvalue weighted by Crippen LogP contribution is -2.25.